The number of benzene rings is 3. The zero-order valence-corrected chi connectivity index (χ0v) is 15.3. The predicted octanol–water partition coefficient (Wildman–Crippen LogP) is 2.59. The van der Waals surface area contributed by atoms with Crippen molar-refractivity contribution in [3.63, 3.8) is 0 Å². The summed E-state index contributed by atoms with van der Waals surface area (Å²) < 4.78 is 0. The van der Waals surface area contributed by atoms with Crippen LogP contribution < -0.4 is 0 Å². The summed E-state index contributed by atoms with van der Waals surface area (Å²) in [6, 6.07) is 22.1. The molecule has 0 spiro atoms. The number of imide groups is 1. The van der Waals surface area contributed by atoms with Gasteiger partial charge in [-0.25, -0.2) is 0 Å². The highest BCUT2D eigenvalue weighted by molar-refractivity contribution is 6.21. The summed E-state index contributed by atoms with van der Waals surface area (Å²) in [7, 11) is 0. The first-order valence-corrected chi connectivity index (χ1v) is 9.18. The van der Waals surface area contributed by atoms with Gasteiger partial charge in [0.1, 0.15) is 6.67 Å². The maximum atomic E-state index is 13.2. The van der Waals surface area contributed by atoms with Crippen molar-refractivity contribution >= 4 is 17.7 Å². The quantitative estimate of drug-likeness (QED) is 0.704. The van der Waals surface area contributed by atoms with Gasteiger partial charge in [0.25, 0.3) is 17.7 Å². The summed E-state index contributed by atoms with van der Waals surface area (Å²) in [6.45, 7) is -0.356. The molecule has 0 radical (unpaired) electrons. The van der Waals surface area contributed by atoms with Crippen LogP contribution >= 0.6 is 0 Å². The van der Waals surface area contributed by atoms with Crippen molar-refractivity contribution in [3.05, 3.63) is 107 Å². The lowest BCUT2D eigenvalue weighted by Crippen LogP contribution is -2.51. The van der Waals surface area contributed by atoms with Crippen LogP contribution in [0.25, 0.3) is 0 Å². The summed E-state index contributed by atoms with van der Waals surface area (Å²) >= 11 is 0. The average Bonchev–Trinajstić information content (AvgIpc) is 3.14. The van der Waals surface area contributed by atoms with Crippen LogP contribution in [0.4, 0.5) is 0 Å². The number of aliphatic hydroxyl groups is 1. The van der Waals surface area contributed by atoms with E-state index in [1.165, 1.54) is 4.90 Å². The molecule has 3 aromatic carbocycles. The Bertz CT molecular complexity index is 1140. The van der Waals surface area contributed by atoms with Crippen LogP contribution in [-0.4, -0.2) is 39.3 Å². The average molecular weight is 384 g/mol. The van der Waals surface area contributed by atoms with Gasteiger partial charge in [-0.2, -0.15) is 0 Å². The van der Waals surface area contributed by atoms with E-state index in [0.717, 1.165) is 4.90 Å². The number of carbonyl (C=O) groups excluding carboxylic acids is 3. The molecule has 1 N–H and O–H groups in total. The molecule has 6 nitrogen and oxygen atoms in total. The molecule has 0 bridgehead atoms. The van der Waals surface area contributed by atoms with E-state index in [0.29, 0.717) is 27.8 Å². The number of carbonyl (C=O) groups is 3. The molecule has 3 aromatic rings. The van der Waals surface area contributed by atoms with Crippen LogP contribution in [0, 0.1) is 0 Å². The van der Waals surface area contributed by atoms with E-state index in [1.54, 1.807) is 72.8 Å². The van der Waals surface area contributed by atoms with Crippen molar-refractivity contribution in [2.24, 2.45) is 0 Å². The maximum Gasteiger partial charge on any atom is 0.263 e. The smallest absolute Gasteiger partial charge is 0.263 e. The Morgan fingerprint density at radius 3 is 1.79 bits per heavy atom. The van der Waals surface area contributed by atoms with E-state index in [9.17, 15) is 19.5 Å². The van der Waals surface area contributed by atoms with Gasteiger partial charge in [0.15, 0.2) is 5.72 Å². The summed E-state index contributed by atoms with van der Waals surface area (Å²) in [5.74, 6) is -1.40. The van der Waals surface area contributed by atoms with Gasteiger partial charge in [-0.1, -0.05) is 60.7 Å². The number of nitrogens with zero attached hydrogens (tertiary/aromatic N) is 2. The van der Waals surface area contributed by atoms with E-state index in [1.807, 2.05) is 6.07 Å². The Hall–Kier alpha value is -3.77. The lowest BCUT2D eigenvalue weighted by Gasteiger charge is -2.36. The maximum absolute atomic E-state index is 13.2. The van der Waals surface area contributed by atoms with Gasteiger partial charge in [-0.3, -0.25) is 24.2 Å². The van der Waals surface area contributed by atoms with E-state index < -0.39 is 23.4 Å². The zero-order valence-electron chi connectivity index (χ0n) is 15.3. The number of hydrogen-bond donors (Lipinski definition) is 1. The van der Waals surface area contributed by atoms with Gasteiger partial charge >= 0.3 is 0 Å². The predicted molar refractivity (Wildman–Crippen MR) is 104 cm³/mol. The van der Waals surface area contributed by atoms with E-state index in [2.05, 4.69) is 0 Å². The topological polar surface area (TPSA) is 77.9 Å². The second-order valence-electron chi connectivity index (χ2n) is 7.04. The Morgan fingerprint density at radius 2 is 1.17 bits per heavy atom. The van der Waals surface area contributed by atoms with Gasteiger partial charge < -0.3 is 5.11 Å². The van der Waals surface area contributed by atoms with Crippen LogP contribution in [-0.2, 0) is 5.72 Å². The van der Waals surface area contributed by atoms with E-state index >= 15 is 0 Å². The third-order valence-electron chi connectivity index (χ3n) is 5.51. The molecule has 6 heteroatoms. The highest BCUT2D eigenvalue weighted by Gasteiger charge is 2.51. The summed E-state index contributed by atoms with van der Waals surface area (Å²) in [6.07, 6.45) is 0. The highest BCUT2D eigenvalue weighted by atomic mass is 16.3. The molecular weight excluding hydrogens is 368 g/mol. The monoisotopic (exact) mass is 384 g/mol. The molecular formula is C23H16N2O4. The van der Waals surface area contributed by atoms with Crippen LogP contribution in [0.1, 0.15) is 42.2 Å². The summed E-state index contributed by atoms with van der Waals surface area (Å²) in [5, 5.41) is 11.8. The lowest BCUT2D eigenvalue weighted by molar-refractivity contribution is -0.0632. The molecule has 5 rings (SSSR count). The van der Waals surface area contributed by atoms with Gasteiger partial charge in [0.2, 0.25) is 0 Å². The van der Waals surface area contributed by atoms with Crippen LogP contribution in [0.15, 0.2) is 78.9 Å². The van der Waals surface area contributed by atoms with Crippen LogP contribution in [0.2, 0.25) is 0 Å². The van der Waals surface area contributed by atoms with Crippen molar-refractivity contribution in [3.8, 4) is 0 Å². The third-order valence-corrected chi connectivity index (χ3v) is 5.51. The fourth-order valence-electron chi connectivity index (χ4n) is 4.07. The SMILES string of the molecule is O=C1c2ccccc2C(=O)N1CN1C(=O)c2ccccc2C1(O)c1ccccc1. The molecule has 3 amide bonds. The molecule has 0 aromatic heterocycles. The molecule has 0 saturated heterocycles. The van der Waals surface area contributed by atoms with Gasteiger partial charge in [0.05, 0.1) is 11.1 Å². The lowest BCUT2D eigenvalue weighted by atomic mass is 9.94. The molecule has 2 aliphatic rings. The minimum Gasteiger partial charge on any atom is -0.363 e. The van der Waals surface area contributed by atoms with Crippen molar-refractivity contribution in [2.45, 2.75) is 5.72 Å². The number of hydrogen-bond acceptors (Lipinski definition) is 4. The first kappa shape index (κ1) is 17.3. The highest BCUT2D eigenvalue weighted by Crippen LogP contribution is 2.42. The molecule has 142 valence electrons. The summed E-state index contributed by atoms with van der Waals surface area (Å²) in [4.78, 5) is 41.0. The van der Waals surface area contributed by atoms with Crippen molar-refractivity contribution in [2.75, 3.05) is 6.67 Å². The third kappa shape index (κ3) is 2.30. The molecule has 0 saturated carbocycles. The number of rotatable bonds is 3. The Balaban J connectivity index is 1.61. The largest absolute Gasteiger partial charge is 0.363 e. The van der Waals surface area contributed by atoms with Gasteiger partial charge in [0, 0.05) is 16.7 Å². The molecule has 1 unspecified atom stereocenters. The Kier molecular flexibility index (Phi) is 3.66. The van der Waals surface area contributed by atoms with Crippen LogP contribution in [0.5, 0.6) is 0 Å². The second-order valence-corrected chi connectivity index (χ2v) is 7.04. The fourth-order valence-corrected chi connectivity index (χ4v) is 4.07. The van der Waals surface area contributed by atoms with Gasteiger partial charge in [-0.15, -0.1) is 0 Å². The first-order chi connectivity index (χ1) is 14.0. The minimum atomic E-state index is -1.79. The van der Waals surface area contributed by atoms with Crippen molar-refractivity contribution in [1.29, 1.82) is 0 Å². The molecule has 29 heavy (non-hydrogen) atoms. The summed E-state index contributed by atoms with van der Waals surface area (Å²) in [5.41, 5.74) is 0.0533. The number of amides is 3. The molecule has 2 heterocycles. The molecule has 1 atom stereocenters. The van der Waals surface area contributed by atoms with E-state index in [4.69, 9.17) is 0 Å². The Morgan fingerprint density at radius 1 is 0.655 bits per heavy atom. The minimum absolute atomic E-state index is 0.296. The van der Waals surface area contributed by atoms with Crippen molar-refractivity contribution < 1.29 is 19.5 Å². The normalized spacial score (nSPS) is 20.2. The fraction of sp³-hybridized carbons (Fsp3) is 0.0870. The molecule has 2 aliphatic heterocycles. The standard InChI is InChI=1S/C23H16N2O4/c26-20-16-10-4-5-11-17(16)21(27)24(20)14-25-22(28)18-12-6-7-13-19(18)23(25,29)15-8-2-1-3-9-15/h1-13,29H,14H2. The Labute approximate surface area is 166 Å². The zero-order chi connectivity index (χ0) is 20.2. The van der Waals surface area contributed by atoms with Crippen LogP contribution in [0.3, 0.4) is 0 Å². The van der Waals surface area contributed by atoms with E-state index in [-0.39, 0.29) is 6.67 Å². The van der Waals surface area contributed by atoms with Crippen molar-refractivity contribution in [1.82, 2.24) is 9.80 Å². The second kappa shape index (κ2) is 6.12. The van der Waals surface area contributed by atoms with Gasteiger partial charge in [-0.05, 0) is 18.2 Å². The number of fused-ring (bicyclic) bond motifs is 2. The molecule has 0 fully saturated rings. The molecule has 0 aliphatic carbocycles. The first-order valence-electron chi connectivity index (χ1n) is 9.18.